The molecule has 1 aromatic carbocycles. The number of aromatic nitrogens is 1. The molecule has 2 fully saturated rings. The van der Waals surface area contributed by atoms with Gasteiger partial charge in [0.15, 0.2) is 5.58 Å². The van der Waals surface area contributed by atoms with Crippen molar-refractivity contribution in [2.75, 3.05) is 6.26 Å². The number of nitrogens with one attached hydrogen (secondary N) is 1. The summed E-state index contributed by atoms with van der Waals surface area (Å²) in [6, 6.07) is 3.64. The van der Waals surface area contributed by atoms with Crippen LogP contribution in [0.15, 0.2) is 32.3 Å². The maximum absolute atomic E-state index is 13.1. The minimum absolute atomic E-state index is 0.0757. The van der Waals surface area contributed by atoms with E-state index in [4.69, 9.17) is 4.42 Å². The number of oxazole rings is 1. The highest BCUT2D eigenvalue weighted by Gasteiger charge is 2.49. The normalized spacial score (nSPS) is 27.8. The molecule has 2 atom stereocenters. The molecule has 2 unspecified atom stereocenters. The first kappa shape index (κ1) is 16.8. The SMILES string of the molecule is CS(=O)(=O)C1CC2CCC(C1)N2S(=O)(=O)c1ccc2oc(=O)[nH]c2c1. The highest BCUT2D eigenvalue weighted by molar-refractivity contribution is 7.91. The lowest BCUT2D eigenvalue weighted by molar-refractivity contribution is 0.249. The van der Waals surface area contributed by atoms with Gasteiger partial charge in [-0.2, -0.15) is 4.31 Å². The van der Waals surface area contributed by atoms with Crippen molar-refractivity contribution in [1.82, 2.24) is 9.29 Å². The lowest BCUT2D eigenvalue weighted by Gasteiger charge is -2.37. The zero-order chi connectivity index (χ0) is 18.0. The highest BCUT2D eigenvalue weighted by Crippen LogP contribution is 2.41. The van der Waals surface area contributed by atoms with E-state index >= 15 is 0 Å². The Morgan fingerprint density at radius 3 is 2.36 bits per heavy atom. The van der Waals surface area contributed by atoms with Crippen LogP contribution < -0.4 is 5.76 Å². The molecule has 10 heteroatoms. The molecule has 8 nitrogen and oxygen atoms in total. The standard InChI is InChI=1S/C15H18N2O6S2/c1-24(19,20)12-6-9-2-3-10(7-12)17(9)25(21,22)11-4-5-14-13(8-11)16-15(18)23-14/h4-5,8-10,12H,2-3,6-7H2,1H3,(H,16,18). The van der Waals surface area contributed by atoms with E-state index in [1.807, 2.05) is 0 Å². The largest absolute Gasteiger partial charge is 0.417 e. The van der Waals surface area contributed by atoms with Crippen molar-refractivity contribution >= 4 is 31.0 Å². The first-order chi connectivity index (χ1) is 11.7. The summed E-state index contributed by atoms with van der Waals surface area (Å²) in [6.07, 6.45) is 3.21. The number of piperidine rings is 1. The van der Waals surface area contributed by atoms with Crippen LogP contribution in [0.4, 0.5) is 0 Å². The molecule has 0 radical (unpaired) electrons. The van der Waals surface area contributed by atoms with Crippen LogP contribution in [0.1, 0.15) is 25.7 Å². The minimum atomic E-state index is -3.77. The number of hydrogen-bond acceptors (Lipinski definition) is 6. The summed E-state index contributed by atoms with van der Waals surface area (Å²) >= 11 is 0. The average molecular weight is 386 g/mol. The molecule has 136 valence electrons. The summed E-state index contributed by atoms with van der Waals surface area (Å²) < 4.78 is 56.3. The Morgan fingerprint density at radius 1 is 1.12 bits per heavy atom. The average Bonchev–Trinajstić information content (AvgIpc) is 3.02. The molecule has 3 heterocycles. The van der Waals surface area contributed by atoms with Crippen LogP contribution in [0.2, 0.25) is 0 Å². The van der Waals surface area contributed by atoms with Crippen molar-refractivity contribution in [3.05, 3.63) is 28.7 Å². The van der Waals surface area contributed by atoms with Crippen LogP contribution in [0.3, 0.4) is 0 Å². The summed E-state index contributed by atoms with van der Waals surface area (Å²) in [6.45, 7) is 0. The Labute approximate surface area is 144 Å². The third kappa shape index (κ3) is 2.72. The van der Waals surface area contributed by atoms with Crippen molar-refractivity contribution in [3.8, 4) is 0 Å². The Morgan fingerprint density at radius 2 is 1.76 bits per heavy atom. The third-order valence-corrected chi connectivity index (χ3v) is 8.79. The topological polar surface area (TPSA) is 118 Å². The summed E-state index contributed by atoms with van der Waals surface area (Å²) in [4.78, 5) is 13.8. The van der Waals surface area contributed by atoms with Gasteiger partial charge >= 0.3 is 5.76 Å². The van der Waals surface area contributed by atoms with E-state index in [1.165, 1.54) is 28.8 Å². The van der Waals surface area contributed by atoms with Crippen LogP contribution in [0, 0.1) is 0 Å². The molecule has 1 N–H and O–H groups in total. The second-order valence-electron chi connectivity index (χ2n) is 6.82. The summed E-state index contributed by atoms with van der Waals surface area (Å²) in [5.41, 5.74) is 0.618. The molecule has 0 aliphatic carbocycles. The molecule has 2 aliphatic heterocycles. The molecule has 1 aromatic heterocycles. The van der Waals surface area contributed by atoms with Crippen molar-refractivity contribution in [2.24, 2.45) is 0 Å². The number of nitrogens with zero attached hydrogens (tertiary/aromatic N) is 1. The number of aromatic amines is 1. The van der Waals surface area contributed by atoms with Crippen LogP contribution in [0.25, 0.3) is 11.1 Å². The summed E-state index contributed by atoms with van der Waals surface area (Å²) in [5.74, 6) is -0.640. The summed E-state index contributed by atoms with van der Waals surface area (Å²) in [7, 11) is -6.96. The Hall–Kier alpha value is -1.65. The zero-order valence-electron chi connectivity index (χ0n) is 13.5. The predicted octanol–water partition coefficient (Wildman–Crippen LogP) is 0.850. The molecule has 0 spiro atoms. The number of H-pyrrole nitrogens is 1. The highest BCUT2D eigenvalue weighted by atomic mass is 32.2. The molecule has 0 amide bonds. The van der Waals surface area contributed by atoms with E-state index in [0.29, 0.717) is 36.8 Å². The Balaban J connectivity index is 1.72. The van der Waals surface area contributed by atoms with Crippen molar-refractivity contribution in [3.63, 3.8) is 0 Å². The molecular weight excluding hydrogens is 368 g/mol. The van der Waals surface area contributed by atoms with E-state index in [2.05, 4.69) is 4.98 Å². The van der Waals surface area contributed by atoms with Crippen LogP contribution in [-0.2, 0) is 19.9 Å². The number of fused-ring (bicyclic) bond motifs is 3. The molecule has 25 heavy (non-hydrogen) atoms. The number of hydrogen-bond donors (Lipinski definition) is 1. The zero-order valence-corrected chi connectivity index (χ0v) is 15.1. The number of sulfonamides is 1. The first-order valence-corrected chi connectivity index (χ1v) is 11.4. The van der Waals surface area contributed by atoms with E-state index in [0.717, 1.165) is 0 Å². The van der Waals surface area contributed by atoms with Gasteiger partial charge in [-0.25, -0.2) is 21.6 Å². The maximum atomic E-state index is 13.1. The fourth-order valence-electron chi connectivity index (χ4n) is 4.04. The van der Waals surface area contributed by atoms with Crippen LogP contribution in [-0.4, -0.2) is 49.7 Å². The van der Waals surface area contributed by atoms with Crippen molar-refractivity contribution in [1.29, 1.82) is 0 Å². The van der Waals surface area contributed by atoms with Gasteiger partial charge in [0, 0.05) is 18.3 Å². The number of rotatable bonds is 3. The van der Waals surface area contributed by atoms with Gasteiger partial charge in [-0.3, -0.25) is 4.98 Å². The smallest absolute Gasteiger partial charge is 0.408 e. The van der Waals surface area contributed by atoms with Gasteiger partial charge in [0.1, 0.15) is 9.84 Å². The Bertz CT molecular complexity index is 1080. The van der Waals surface area contributed by atoms with E-state index < -0.39 is 30.9 Å². The van der Waals surface area contributed by atoms with E-state index in [9.17, 15) is 21.6 Å². The van der Waals surface area contributed by atoms with Crippen LogP contribution >= 0.6 is 0 Å². The Kier molecular flexibility index (Phi) is 3.64. The second kappa shape index (κ2) is 5.42. The monoisotopic (exact) mass is 386 g/mol. The van der Waals surface area contributed by atoms with Crippen LogP contribution in [0.5, 0.6) is 0 Å². The summed E-state index contributed by atoms with van der Waals surface area (Å²) in [5, 5.41) is -0.482. The quantitative estimate of drug-likeness (QED) is 0.836. The van der Waals surface area contributed by atoms with E-state index in [1.54, 1.807) is 0 Å². The van der Waals surface area contributed by atoms with Crippen molar-refractivity contribution in [2.45, 2.75) is 47.9 Å². The lowest BCUT2D eigenvalue weighted by Crippen LogP contribution is -2.49. The van der Waals surface area contributed by atoms with Crippen molar-refractivity contribution < 1.29 is 21.3 Å². The molecule has 2 saturated heterocycles. The molecule has 0 saturated carbocycles. The lowest BCUT2D eigenvalue weighted by atomic mass is 10.1. The first-order valence-electron chi connectivity index (χ1n) is 8.01. The van der Waals surface area contributed by atoms with Gasteiger partial charge in [-0.05, 0) is 43.9 Å². The fourth-order valence-corrected chi connectivity index (χ4v) is 7.10. The van der Waals surface area contributed by atoms with Gasteiger partial charge in [0.05, 0.1) is 15.7 Å². The van der Waals surface area contributed by atoms with Gasteiger partial charge in [0.2, 0.25) is 10.0 Å². The minimum Gasteiger partial charge on any atom is -0.408 e. The fraction of sp³-hybridized carbons (Fsp3) is 0.533. The molecular formula is C15H18N2O6S2. The van der Waals surface area contributed by atoms with E-state index in [-0.39, 0.29) is 17.0 Å². The second-order valence-corrected chi connectivity index (χ2v) is 11.0. The van der Waals surface area contributed by atoms with Gasteiger partial charge in [-0.15, -0.1) is 0 Å². The van der Waals surface area contributed by atoms with Gasteiger partial charge < -0.3 is 4.42 Å². The number of benzene rings is 1. The molecule has 4 rings (SSSR count). The van der Waals surface area contributed by atoms with Gasteiger partial charge in [0.25, 0.3) is 0 Å². The maximum Gasteiger partial charge on any atom is 0.417 e. The predicted molar refractivity (Wildman–Crippen MR) is 90.5 cm³/mol. The van der Waals surface area contributed by atoms with Gasteiger partial charge in [-0.1, -0.05) is 0 Å². The number of sulfone groups is 1. The molecule has 2 aliphatic rings. The molecule has 2 bridgehead atoms. The molecule has 2 aromatic rings. The third-order valence-electron chi connectivity index (χ3n) is 5.19.